The van der Waals surface area contributed by atoms with Gasteiger partial charge in [-0.05, 0) is 74.5 Å². The zero-order chi connectivity index (χ0) is 31.8. The van der Waals surface area contributed by atoms with E-state index in [2.05, 4.69) is 15.6 Å². The molecule has 3 amide bonds. The van der Waals surface area contributed by atoms with Crippen molar-refractivity contribution in [1.82, 2.24) is 15.5 Å². The van der Waals surface area contributed by atoms with Gasteiger partial charge in [0.2, 0.25) is 17.7 Å². The fourth-order valence-electron chi connectivity index (χ4n) is 5.95. The number of guanidine groups is 1. The number of benzene rings is 1. The van der Waals surface area contributed by atoms with Crippen LogP contribution < -0.4 is 22.1 Å². The van der Waals surface area contributed by atoms with Crippen LogP contribution in [0, 0.1) is 11.8 Å². The number of likely N-dealkylation sites (tertiary alicyclic amines) is 1. The Hall–Kier alpha value is -2.80. The molecule has 1 aliphatic carbocycles. The Kier molecular flexibility index (Phi) is 12.7. The Morgan fingerprint density at radius 2 is 1.79 bits per heavy atom. The number of halogens is 2. The molecule has 6 unspecified atom stereocenters. The number of nitrogens with zero attached hydrogens (tertiary/aromatic N) is 2. The van der Waals surface area contributed by atoms with E-state index in [-0.39, 0.29) is 58.4 Å². The highest BCUT2D eigenvalue weighted by molar-refractivity contribution is 6.37. The molecule has 1 heterocycles. The van der Waals surface area contributed by atoms with Crippen molar-refractivity contribution in [3.8, 4) is 5.75 Å². The Morgan fingerprint density at radius 3 is 2.42 bits per heavy atom. The van der Waals surface area contributed by atoms with Crippen LogP contribution in [-0.2, 0) is 20.8 Å². The average molecular weight is 644 g/mol. The van der Waals surface area contributed by atoms with Crippen LogP contribution in [0.25, 0.3) is 0 Å². The quantitative estimate of drug-likeness (QED) is 0.0950. The number of unbranched alkanes of at least 4 members (excludes halogenated alkanes) is 1. The molecule has 1 saturated carbocycles. The molecule has 1 aromatic carbocycles. The lowest BCUT2D eigenvalue weighted by Crippen LogP contribution is -2.58. The van der Waals surface area contributed by atoms with Gasteiger partial charge in [0.15, 0.2) is 11.7 Å². The van der Waals surface area contributed by atoms with Gasteiger partial charge in [-0.15, -0.1) is 0 Å². The molecule has 1 aliphatic heterocycles. The summed E-state index contributed by atoms with van der Waals surface area (Å²) in [5.41, 5.74) is 11.1. The van der Waals surface area contributed by atoms with Crippen molar-refractivity contribution in [1.29, 1.82) is 0 Å². The number of phenolic OH excluding ortho intramolecular Hbond substituents is 1. The van der Waals surface area contributed by atoms with E-state index in [1.807, 2.05) is 13.8 Å². The number of hydrogen-bond donors (Lipinski definition) is 7. The van der Waals surface area contributed by atoms with Crippen molar-refractivity contribution in [3.63, 3.8) is 0 Å². The normalized spacial score (nSPS) is 22.9. The summed E-state index contributed by atoms with van der Waals surface area (Å²) in [4.78, 5) is 46.1. The topological polar surface area (TPSA) is 204 Å². The van der Waals surface area contributed by atoms with Crippen LogP contribution in [0.4, 0.5) is 0 Å². The molecular weight excluding hydrogens is 599 g/mol. The highest BCUT2D eigenvalue weighted by atomic mass is 35.5. The van der Waals surface area contributed by atoms with Crippen molar-refractivity contribution in [3.05, 3.63) is 27.7 Å². The van der Waals surface area contributed by atoms with Crippen LogP contribution >= 0.6 is 23.2 Å². The first-order valence-corrected chi connectivity index (χ1v) is 15.5. The highest BCUT2D eigenvalue weighted by Crippen LogP contribution is 2.40. The number of nitrogens with one attached hydrogen (secondary N) is 2. The van der Waals surface area contributed by atoms with Crippen molar-refractivity contribution >= 4 is 46.9 Å². The van der Waals surface area contributed by atoms with E-state index >= 15 is 0 Å². The maximum atomic E-state index is 14.1. The fraction of sp³-hybridized carbons (Fsp3) is 0.655. The second-order valence-corrected chi connectivity index (χ2v) is 12.7. The van der Waals surface area contributed by atoms with Crippen LogP contribution in [-0.4, -0.2) is 87.3 Å². The second kappa shape index (κ2) is 15.8. The van der Waals surface area contributed by atoms with Gasteiger partial charge in [0.05, 0.1) is 16.1 Å². The van der Waals surface area contributed by atoms with E-state index < -0.39 is 36.1 Å². The minimum Gasteiger partial charge on any atom is -0.505 e. The Balaban J connectivity index is 1.74. The molecule has 14 heteroatoms. The van der Waals surface area contributed by atoms with E-state index in [4.69, 9.17) is 34.7 Å². The van der Waals surface area contributed by atoms with Crippen molar-refractivity contribution < 1.29 is 29.7 Å². The highest BCUT2D eigenvalue weighted by Gasteiger charge is 2.50. The molecule has 240 valence electrons. The van der Waals surface area contributed by atoms with Gasteiger partial charge >= 0.3 is 0 Å². The summed E-state index contributed by atoms with van der Waals surface area (Å²) in [6, 6.07) is 0.717. The molecule has 3 rings (SSSR count). The molecule has 0 bridgehead atoms. The number of aliphatic hydroxyl groups excluding tert-OH is 2. The minimum atomic E-state index is -1.53. The van der Waals surface area contributed by atoms with E-state index in [1.54, 1.807) is 4.90 Å². The predicted molar refractivity (Wildman–Crippen MR) is 165 cm³/mol. The minimum absolute atomic E-state index is 0.00828. The van der Waals surface area contributed by atoms with Gasteiger partial charge in [0.25, 0.3) is 0 Å². The lowest BCUT2D eigenvalue weighted by molar-refractivity contribution is -0.145. The van der Waals surface area contributed by atoms with E-state index in [9.17, 15) is 29.7 Å². The lowest BCUT2D eigenvalue weighted by Gasteiger charge is -2.38. The summed E-state index contributed by atoms with van der Waals surface area (Å²) in [7, 11) is 0. The predicted octanol–water partition coefficient (Wildman–Crippen LogP) is 1.43. The molecular formula is C29H44Cl2N6O6. The Bertz CT molecular complexity index is 1160. The van der Waals surface area contributed by atoms with Crippen LogP contribution in [0.3, 0.4) is 0 Å². The maximum absolute atomic E-state index is 14.1. The molecule has 0 aromatic heterocycles. The molecule has 1 aromatic rings. The fourth-order valence-corrected chi connectivity index (χ4v) is 6.48. The van der Waals surface area contributed by atoms with Crippen molar-refractivity contribution in [2.75, 3.05) is 13.1 Å². The largest absolute Gasteiger partial charge is 0.505 e. The van der Waals surface area contributed by atoms with Gasteiger partial charge in [-0.3, -0.25) is 19.4 Å². The van der Waals surface area contributed by atoms with E-state index in [0.29, 0.717) is 57.2 Å². The summed E-state index contributed by atoms with van der Waals surface area (Å²) < 4.78 is 0. The average Bonchev–Trinajstić information content (AvgIpc) is 3.30. The monoisotopic (exact) mass is 642 g/mol. The smallest absolute Gasteiger partial charge is 0.249 e. The molecule has 0 spiro atoms. The van der Waals surface area contributed by atoms with Gasteiger partial charge < -0.3 is 42.3 Å². The van der Waals surface area contributed by atoms with Crippen LogP contribution in [0.1, 0.15) is 64.4 Å². The van der Waals surface area contributed by atoms with Crippen LogP contribution in [0.5, 0.6) is 5.75 Å². The van der Waals surface area contributed by atoms with Crippen molar-refractivity contribution in [2.24, 2.45) is 28.3 Å². The standard InChI is InChI=1S/C29H44Cl2N6O6/c1-15(2)9-21(36-27(42)24(39)12-16-10-19(30)25(40)20(31)11-16)28(43)37-22-14-18(38)6-5-17(22)13-23(37)26(41)34-7-3-4-8-35-29(32)33/h10-11,15,17-18,21-24,38-40H,3-9,12-14H2,1-2H3,(H,34,41)(H,36,42)(H4,32,33,35). The number of hydrogen-bond acceptors (Lipinski definition) is 7. The maximum Gasteiger partial charge on any atom is 0.249 e. The zero-order valence-electron chi connectivity index (χ0n) is 24.6. The number of aliphatic hydroxyl groups is 2. The first kappa shape index (κ1) is 34.7. The third-order valence-electron chi connectivity index (χ3n) is 8.01. The summed E-state index contributed by atoms with van der Waals surface area (Å²) in [5, 5.41) is 36.5. The number of carbonyl (C=O) groups excluding carboxylic acids is 3. The first-order valence-electron chi connectivity index (χ1n) is 14.8. The number of aromatic hydroxyl groups is 1. The van der Waals surface area contributed by atoms with E-state index in [1.165, 1.54) is 12.1 Å². The van der Waals surface area contributed by atoms with Gasteiger partial charge in [-0.2, -0.15) is 0 Å². The first-order chi connectivity index (χ1) is 20.3. The molecule has 43 heavy (non-hydrogen) atoms. The molecule has 0 radical (unpaired) electrons. The third kappa shape index (κ3) is 9.59. The molecule has 9 N–H and O–H groups in total. The number of carbonyl (C=O) groups is 3. The molecule has 2 fully saturated rings. The van der Waals surface area contributed by atoms with Gasteiger partial charge in [0.1, 0.15) is 18.2 Å². The number of fused-ring (bicyclic) bond motifs is 1. The SMILES string of the molecule is CC(C)CC(NC(=O)C(O)Cc1cc(Cl)c(O)c(Cl)c1)C(=O)N1C(C(=O)NCCCCN=C(N)N)CC2CCC(O)CC21. The summed E-state index contributed by atoms with van der Waals surface area (Å²) in [5.74, 6) is -1.69. The van der Waals surface area contributed by atoms with Gasteiger partial charge in [-0.1, -0.05) is 37.0 Å². The van der Waals surface area contributed by atoms with Gasteiger partial charge in [0, 0.05) is 25.6 Å². The zero-order valence-corrected chi connectivity index (χ0v) is 26.2. The summed E-state index contributed by atoms with van der Waals surface area (Å²) >= 11 is 12.0. The molecule has 12 nitrogen and oxygen atoms in total. The summed E-state index contributed by atoms with van der Waals surface area (Å²) in [6.45, 7) is 4.66. The summed E-state index contributed by atoms with van der Waals surface area (Å²) in [6.07, 6.45) is 1.46. The molecule has 1 saturated heterocycles. The van der Waals surface area contributed by atoms with Gasteiger partial charge in [-0.25, -0.2) is 0 Å². The number of nitrogens with two attached hydrogens (primary N) is 2. The Morgan fingerprint density at radius 1 is 1.12 bits per heavy atom. The third-order valence-corrected chi connectivity index (χ3v) is 8.59. The molecule has 6 atom stereocenters. The molecule has 2 aliphatic rings. The van der Waals surface area contributed by atoms with Crippen LogP contribution in [0.2, 0.25) is 10.0 Å². The number of phenols is 1. The second-order valence-electron chi connectivity index (χ2n) is 11.9. The van der Waals surface area contributed by atoms with E-state index in [0.717, 1.165) is 0 Å². The number of aliphatic imine (C=N–C) groups is 1. The Labute approximate surface area is 262 Å². The number of rotatable bonds is 13. The van der Waals surface area contributed by atoms with Crippen LogP contribution in [0.15, 0.2) is 17.1 Å². The lowest BCUT2D eigenvalue weighted by atomic mass is 9.83. The number of amides is 3. The van der Waals surface area contributed by atoms with Crippen molar-refractivity contribution in [2.45, 2.75) is 95.5 Å².